The lowest BCUT2D eigenvalue weighted by molar-refractivity contribution is 0.226. The third-order valence-corrected chi connectivity index (χ3v) is 7.07. The highest BCUT2D eigenvalue weighted by Gasteiger charge is 2.37. The van der Waals surface area contributed by atoms with Crippen LogP contribution in [0, 0.1) is 0 Å². The molecule has 0 amide bonds. The fourth-order valence-electron chi connectivity index (χ4n) is 3.49. The van der Waals surface area contributed by atoms with E-state index in [4.69, 9.17) is 0 Å². The van der Waals surface area contributed by atoms with Crippen LogP contribution in [0.15, 0.2) is 0 Å². The molecule has 1 N–H and O–H groups in total. The van der Waals surface area contributed by atoms with Gasteiger partial charge in [0.25, 0.3) is 10.2 Å². The summed E-state index contributed by atoms with van der Waals surface area (Å²) in [5.74, 6) is 0. The predicted molar refractivity (Wildman–Crippen MR) is 84.3 cm³/mol. The molecule has 2 aliphatic heterocycles. The van der Waals surface area contributed by atoms with E-state index >= 15 is 0 Å². The molecule has 122 valence electrons. The topological polar surface area (TPSA) is 52.7 Å². The second-order valence-electron chi connectivity index (χ2n) is 6.76. The van der Waals surface area contributed by atoms with Crippen LogP contribution >= 0.6 is 0 Å². The van der Waals surface area contributed by atoms with Gasteiger partial charge in [0.1, 0.15) is 0 Å². The van der Waals surface area contributed by atoms with Gasteiger partial charge in [-0.25, -0.2) is 0 Å². The molecular weight excluding hydrogens is 286 g/mol. The van der Waals surface area contributed by atoms with Crippen molar-refractivity contribution in [1.29, 1.82) is 0 Å². The van der Waals surface area contributed by atoms with Gasteiger partial charge in [0.15, 0.2) is 0 Å². The Morgan fingerprint density at radius 2 is 1.52 bits per heavy atom. The van der Waals surface area contributed by atoms with Crippen LogP contribution < -0.4 is 5.32 Å². The van der Waals surface area contributed by atoms with E-state index in [1.165, 1.54) is 25.7 Å². The van der Waals surface area contributed by atoms with Crippen molar-refractivity contribution < 1.29 is 8.42 Å². The van der Waals surface area contributed by atoms with Crippen molar-refractivity contribution in [2.75, 3.05) is 26.2 Å². The summed E-state index contributed by atoms with van der Waals surface area (Å²) in [4.78, 5) is 0. The van der Waals surface area contributed by atoms with Gasteiger partial charge in [-0.2, -0.15) is 17.0 Å². The zero-order valence-corrected chi connectivity index (χ0v) is 13.8. The lowest BCUT2D eigenvalue weighted by Gasteiger charge is -2.38. The van der Waals surface area contributed by atoms with Crippen molar-refractivity contribution in [3.8, 4) is 0 Å². The summed E-state index contributed by atoms with van der Waals surface area (Å²) < 4.78 is 29.5. The van der Waals surface area contributed by atoms with Gasteiger partial charge < -0.3 is 5.32 Å². The molecule has 0 aromatic rings. The van der Waals surface area contributed by atoms with Crippen LogP contribution in [0.4, 0.5) is 0 Å². The number of piperidine rings is 1. The Hall–Kier alpha value is -0.170. The maximum Gasteiger partial charge on any atom is 0.282 e. The fraction of sp³-hybridized carbons (Fsp3) is 1.00. The van der Waals surface area contributed by atoms with E-state index in [2.05, 4.69) is 5.32 Å². The Bertz CT molecular complexity index is 428. The molecule has 0 bridgehead atoms. The first-order chi connectivity index (χ1) is 10.2. The van der Waals surface area contributed by atoms with Gasteiger partial charge in [-0.3, -0.25) is 0 Å². The van der Waals surface area contributed by atoms with Crippen molar-refractivity contribution in [2.45, 2.75) is 69.9 Å². The minimum atomic E-state index is -3.26. The van der Waals surface area contributed by atoms with E-state index in [1.54, 1.807) is 8.61 Å². The maximum atomic E-state index is 13.0. The highest BCUT2D eigenvalue weighted by atomic mass is 32.2. The zero-order valence-electron chi connectivity index (χ0n) is 13.0. The summed E-state index contributed by atoms with van der Waals surface area (Å²) in [6, 6.07) is 0.808. The second kappa shape index (κ2) is 6.94. The average Bonchev–Trinajstić information content (AvgIpc) is 3.32. The maximum absolute atomic E-state index is 13.0. The molecule has 1 unspecified atom stereocenters. The minimum Gasteiger partial charge on any atom is -0.312 e. The summed E-state index contributed by atoms with van der Waals surface area (Å²) in [6.45, 7) is 2.96. The summed E-state index contributed by atoms with van der Waals surface area (Å²) in [6.07, 6.45) is 10.0. The molecule has 0 radical (unpaired) electrons. The van der Waals surface area contributed by atoms with E-state index in [0.717, 1.165) is 38.6 Å². The number of hydrogen-bond acceptors (Lipinski definition) is 3. The average molecular weight is 315 g/mol. The largest absolute Gasteiger partial charge is 0.312 e. The molecule has 5 nitrogen and oxygen atoms in total. The number of nitrogens with one attached hydrogen (secondary N) is 1. The molecule has 3 aliphatic rings. The number of nitrogens with zero attached hydrogens (tertiary/aromatic N) is 2. The molecule has 2 heterocycles. The first kappa shape index (κ1) is 15.7. The Kier molecular flexibility index (Phi) is 5.19. The Labute approximate surface area is 129 Å². The quantitative estimate of drug-likeness (QED) is 0.840. The van der Waals surface area contributed by atoms with E-state index in [0.29, 0.717) is 25.7 Å². The number of hydrogen-bond donors (Lipinski definition) is 1. The molecule has 21 heavy (non-hydrogen) atoms. The van der Waals surface area contributed by atoms with Crippen molar-refractivity contribution >= 4 is 10.2 Å². The summed E-state index contributed by atoms with van der Waals surface area (Å²) in [5.41, 5.74) is 0. The van der Waals surface area contributed by atoms with Crippen LogP contribution in [0.2, 0.25) is 0 Å². The molecule has 0 spiro atoms. The highest BCUT2D eigenvalue weighted by molar-refractivity contribution is 7.86. The summed E-state index contributed by atoms with van der Waals surface area (Å²) in [7, 11) is -3.26. The Morgan fingerprint density at radius 3 is 2.19 bits per heavy atom. The molecule has 6 heteroatoms. The smallest absolute Gasteiger partial charge is 0.282 e. The van der Waals surface area contributed by atoms with Crippen LogP contribution in [0.3, 0.4) is 0 Å². The van der Waals surface area contributed by atoms with Gasteiger partial charge >= 0.3 is 0 Å². The Balaban J connectivity index is 1.67. The lowest BCUT2D eigenvalue weighted by Crippen LogP contribution is -2.53. The number of rotatable bonds is 5. The van der Waals surface area contributed by atoms with Crippen molar-refractivity contribution in [1.82, 2.24) is 13.9 Å². The Morgan fingerprint density at radius 1 is 0.857 bits per heavy atom. The van der Waals surface area contributed by atoms with Crippen LogP contribution in [-0.2, 0) is 10.2 Å². The first-order valence-corrected chi connectivity index (χ1v) is 10.1. The highest BCUT2D eigenvalue weighted by Crippen LogP contribution is 2.25. The van der Waals surface area contributed by atoms with Gasteiger partial charge in [0.2, 0.25) is 0 Å². The SMILES string of the molecule is O=S(=O)(N1CCCCCC1)N1CCCCC1CNC1CC1. The van der Waals surface area contributed by atoms with Crippen LogP contribution in [0.1, 0.15) is 57.8 Å². The van der Waals surface area contributed by atoms with E-state index in [-0.39, 0.29) is 6.04 Å². The van der Waals surface area contributed by atoms with Gasteiger partial charge in [-0.1, -0.05) is 19.3 Å². The standard InChI is InChI=1S/C15H29N3O2S/c19-21(20,17-10-4-1-2-5-11-17)18-12-6-3-7-15(18)13-16-14-8-9-14/h14-16H,1-13H2. The van der Waals surface area contributed by atoms with Crippen LogP contribution in [0.5, 0.6) is 0 Å². The third kappa shape index (κ3) is 3.97. The molecule has 1 aliphatic carbocycles. The van der Waals surface area contributed by atoms with Crippen LogP contribution in [-0.4, -0.2) is 55.3 Å². The normalized spacial score (nSPS) is 30.2. The molecular formula is C15H29N3O2S. The van der Waals surface area contributed by atoms with Crippen molar-refractivity contribution in [3.63, 3.8) is 0 Å². The molecule has 0 aromatic carbocycles. The summed E-state index contributed by atoms with van der Waals surface area (Å²) in [5, 5.41) is 3.52. The van der Waals surface area contributed by atoms with Gasteiger partial charge in [0, 0.05) is 38.3 Å². The van der Waals surface area contributed by atoms with Crippen molar-refractivity contribution in [3.05, 3.63) is 0 Å². The van der Waals surface area contributed by atoms with E-state index in [1.807, 2.05) is 0 Å². The van der Waals surface area contributed by atoms with Gasteiger partial charge in [-0.05, 0) is 38.5 Å². The summed E-state index contributed by atoms with van der Waals surface area (Å²) >= 11 is 0. The van der Waals surface area contributed by atoms with Gasteiger partial charge in [-0.15, -0.1) is 0 Å². The molecule has 3 rings (SSSR count). The monoisotopic (exact) mass is 315 g/mol. The van der Waals surface area contributed by atoms with Gasteiger partial charge in [0.05, 0.1) is 0 Å². The second-order valence-corrected chi connectivity index (χ2v) is 8.64. The van der Waals surface area contributed by atoms with E-state index < -0.39 is 10.2 Å². The van der Waals surface area contributed by atoms with Crippen LogP contribution in [0.25, 0.3) is 0 Å². The van der Waals surface area contributed by atoms with E-state index in [9.17, 15) is 8.42 Å². The first-order valence-electron chi connectivity index (χ1n) is 8.68. The molecule has 1 atom stereocenters. The third-order valence-electron chi connectivity index (χ3n) is 4.98. The lowest BCUT2D eigenvalue weighted by atomic mass is 10.1. The molecule has 3 fully saturated rings. The molecule has 0 aromatic heterocycles. The minimum absolute atomic E-state index is 0.160. The zero-order chi connectivity index (χ0) is 14.7. The molecule has 1 saturated carbocycles. The fourth-order valence-corrected chi connectivity index (χ4v) is 5.43. The molecule has 2 saturated heterocycles. The van der Waals surface area contributed by atoms with Crippen molar-refractivity contribution in [2.24, 2.45) is 0 Å². The predicted octanol–water partition coefficient (Wildman–Crippen LogP) is 1.71.